The monoisotopic (exact) mass is 178 g/mol. The third kappa shape index (κ3) is 6.89. The first kappa shape index (κ1) is 7.89. The van der Waals surface area contributed by atoms with E-state index in [1.165, 1.54) is 0 Å². The Labute approximate surface area is 60.3 Å². The van der Waals surface area contributed by atoms with Crippen molar-refractivity contribution in [2.75, 3.05) is 0 Å². The number of alkyl halides is 3. The average molecular weight is 179 g/mol. The molecule has 0 bridgehead atoms. The molecule has 0 aromatic carbocycles. The van der Waals surface area contributed by atoms with E-state index in [0.717, 1.165) is 0 Å². The van der Waals surface area contributed by atoms with Crippen LogP contribution in [0.2, 0.25) is 0 Å². The van der Waals surface area contributed by atoms with Crippen LogP contribution in [0.1, 0.15) is 0 Å². The van der Waals surface area contributed by atoms with Crippen molar-refractivity contribution in [1.82, 2.24) is 0 Å². The summed E-state index contributed by atoms with van der Waals surface area (Å²) in [4.78, 5) is 9.53. The Morgan fingerprint density at radius 2 is 1.86 bits per heavy atom. The molecule has 0 aliphatic carbocycles. The minimum atomic E-state index is -1.48. The number of carbonyl (C=O) groups excluding carboxylic acids is 1. The normalized spacial score (nSPS) is 11.3. The molecule has 0 aromatic heterocycles. The molecule has 0 rings (SSSR count). The second-order valence-electron chi connectivity index (χ2n) is 0.660. The summed E-state index contributed by atoms with van der Waals surface area (Å²) in [5.41, 5.74) is 0.479. The molecule has 0 spiro atoms. The molecule has 0 N–H and O–H groups in total. The molecule has 0 aromatic rings. The molecule has 0 saturated carbocycles. The smallest absolute Gasteiger partial charge is 0.244 e. The molecule has 0 atom stereocenters. The Balaban J connectivity index is 3.34. The van der Waals surface area contributed by atoms with Crippen molar-refractivity contribution in [3.05, 3.63) is 0 Å². The predicted octanol–water partition coefficient (Wildman–Crippen LogP) is 2.24. The van der Waals surface area contributed by atoms with Gasteiger partial charge in [-0.2, -0.15) is 0 Å². The highest BCUT2D eigenvalue weighted by atomic mass is 35.6. The maximum atomic E-state index is 9.53. The lowest BCUT2D eigenvalue weighted by atomic mass is 11.8. The van der Waals surface area contributed by atoms with E-state index < -0.39 is 3.12 Å². The van der Waals surface area contributed by atoms with Gasteiger partial charge in [-0.1, -0.05) is 34.8 Å². The summed E-state index contributed by atoms with van der Waals surface area (Å²) in [5, 5.41) is 0. The third-order valence-electron chi connectivity index (χ3n) is 0.182. The molecular weight excluding hydrogens is 178 g/mol. The van der Waals surface area contributed by atoms with Gasteiger partial charge in [0.2, 0.25) is 3.12 Å². The second-order valence-corrected chi connectivity index (χ2v) is 4.65. The highest BCUT2D eigenvalue weighted by Crippen LogP contribution is 2.36. The van der Waals surface area contributed by atoms with Gasteiger partial charge in [-0.25, -0.2) is 0 Å². The van der Waals surface area contributed by atoms with Crippen molar-refractivity contribution >= 4 is 52.2 Å². The van der Waals surface area contributed by atoms with Crippen molar-refractivity contribution in [2.45, 2.75) is 3.12 Å². The van der Waals surface area contributed by atoms with Crippen LogP contribution in [0, 0.1) is 0 Å². The SMILES string of the molecule is O=CSC(Cl)(Cl)Cl. The maximum absolute atomic E-state index is 9.53. The summed E-state index contributed by atoms with van der Waals surface area (Å²) in [6.07, 6.45) is 0. The lowest BCUT2D eigenvalue weighted by Crippen LogP contribution is -1.91. The molecule has 0 amide bonds. The zero-order valence-corrected chi connectivity index (χ0v) is 6.11. The third-order valence-corrected chi connectivity index (χ3v) is 1.35. The van der Waals surface area contributed by atoms with Crippen LogP contribution in [-0.2, 0) is 4.79 Å². The molecule has 1 nitrogen and oxygen atoms in total. The zero-order chi connectivity index (χ0) is 5.91. The predicted molar refractivity (Wildman–Crippen MR) is 34.6 cm³/mol. The van der Waals surface area contributed by atoms with E-state index in [1.807, 2.05) is 0 Å². The minimum Gasteiger partial charge on any atom is -0.291 e. The lowest BCUT2D eigenvalue weighted by Gasteiger charge is -2.00. The first-order chi connectivity index (χ1) is 3.06. The van der Waals surface area contributed by atoms with Crippen molar-refractivity contribution in [2.24, 2.45) is 0 Å². The largest absolute Gasteiger partial charge is 0.291 e. The van der Waals surface area contributed by atoms with E-state index in [0.29, 0.717) is 17.4 Å². The molecule has 42 valence electrons. The fourth-order valence-corrected chi connectivity index (χ4v) is 0.491. The minimum absolute atomic E-state index is 0.479. The van der Waals surface area contributed by atoms with Crippen LogP contribution in [-0.4, -0.2) is 8.74 Å². The van der Waals surface area contributed by atoms with Gasteiger partial charge in [0.15, 0.2) is 5.62 Å². The maximum Gasteiger partial charge on any atom is 0.244 e. The Bertz CT molecular complexity index is 67.8. The molecule has 0 aliphatic rings. The van der Waals surface area contributed by atoms with E-state index >= 15 is 0 Å². The van der Waals surface area contributed by atoms with E-state index in [9.17, 15) is 4.79 Å². The number of thioether (sulfide) groups is 1. The topological polar surface area (TPSA) is 17.1 Å². The molecule has 7 heavy (non-hydrogen) atoms. The molecular formula is C2HCl3OS. The summed E-state index contributed by atoms with van der Waals surface area (Å²) in [5.74, 6) is 0. The van der Waals surface area contributed by atoms with Crippen LogP contribution in [0.25, 0.3) is 0 Å². The number of hydrogen-bond acceptors (Lipinski definition) is 2. The second kappa shape index (κ2) is 3.02. The Morgan fingerprint density at radius 1 is 1.43 bits per heavy atom. The standard InChI is InChI=1S/C2HCl3OS/c3-2(4,5)7-1-6/h1H. The zero-order valence-electron chi connectivity index (χ0n) is 3.03. The molecule has 0 radical (unpaired) electrons. The summed E-state index contributed by atoms with van der Waals surface area (Å²) in [6.45, 7) is 0. The first-order valence-corrected chi connectivity index (χ1v) is 3.26. The van der Waals surface area contributed by atoms with Crippen LogP contribution in [0.4, 0.5) is 0 Å². The van der Waals surface area contributed by atoms with E-state index in [1.54, 1.807) is 0 Å². The Hall–Kier alpha value is 0.890. The van der Waals surface area contributed by atoms with Gasteiger partial charge in [0.1, 0.15) is 0 Å². The van der Waals surface area contributed by atoms with E-state index in [4.69, 9.17) is 34.8 Å². The lowest BCUT2D eigenvalue weighted by molar-refractivity contribution is 0.570. The van der Waals surface area contributed by atoms with Crippen LogP contribution in [0.5, 0.6) is 0 Å². The summed E-state index contributed by atoms with van der Waals surface area (Å²) in [6, 6.07) is 0. The van der Waals surface area contributed by atoms with Crippen LogP contribution < -0.4 is 0 Å². The van der Waals surface area contributed by atoms with Gasteiger partial charge in [0.05, 0.1) is 0 Å². The number of hydrogen-bond donors (Lipinski definition) is 0. The molecule has 0 saturated heterocycles. The van der Waals surface area contributed by atoms with Gasteiger partial charge in [-0.15, -0.1) is 0 Å². The van der Waals surface area contributed by atoms with Gasteiger partial charge in [0, 0.05) is 0 Å². The van der Waals surface area contributed by atoms with Gasteiger partial charge in [-0.05, 0) is 11.8 Å². The quantitative estimate of drug-likeness (QED) is 0.454. The van der Waals surface area contributed by atoms with Gasteiger partial charge >= 0.3 is 0 Å². The average Bonchev–Trinajstić information content (AvgIpc) is 1.30. The summed E-state index contributed by atoms with van der Waals surface area (Å²) < 4.78 is -1.48. The Morgan fingerprint density at radius 3 is 1.86 bits per heavy atom. The fourth-order valence-electron chi connectivity index (χ4n) is 0.0546. The number of halogens is 3. The van der Waals surface area contributed by atoms with Gasteiger partial charge in [0.25, 0.3) is 0 Å². The van der Waals surface area contributed by atoms with Crippen LogP contribution >= 0.6 is 46.6 Å². The van der Waals surface area contributed by atoms with Crippen LogP contribution in [0.3, 0.4) is 0 Å². The number of carbonyl (C=O) groups is 1. The highest BCUT2D eigenvalue weighted by molar-refractivity contribution is 8.16. The molecule has 0 fully saturated rings. The van der Waals surface area contributed by atoms with Gasteiger partial charge < -0.3 is 0 Å². The van der Waals surface area contributed by atoms with Crippen molar-refractivity contribution in [3.8, 4) is 0 Å². The highest BCUT2D eigenvalue weighted by Gasteiger charge is 2.18. The number of rotatable bonds is 1. The Kier molecular flexibility index (Phi) is 3.41. The fraction of sp³-hybridized carbons (Fsp3) is 0.500. The molecule has 0 unspecified atom stereocenters. The van der Waals surface area contributed by atoms with Crippen molar-refractivity contribution < 1.29 is 4.79 Å². The van der Waals surface area contributed by atoms with E-state index in [2.05, 4.69) is 0 Å². The van der Waals surface area contributed by atoms with Crippen molar-refractivity contribution in [3.63, 3.8) is 0 Å². The summed E-state index contributed by atoms with van der Waals surface area (Å²) >= 11 is 15.9. The van der Waals surface area contributed by atoms with Gasteiger partial charge in [-0.3, -0.25) is 4.79 Å². The molecule has 5 heteroatoms. The van der Waals surface area contributed by atoms with E-state index in [-0.39, 0.29) is 0 Å². The summed E-state index contributed by atoms with van der Waals surface area (Å²) in [7, 11) is 0. The van der Waals surface area contributed by atoms with Crippen LogP contribution in [0.15, 0.2) is 0 Å². The molecule has 0 heterocycles. The van der Waals surface area contributed by atoms with Crippen molar-refractivity contribution in [1.29, 1.82) is 0 Å². The first-order valence-electron chi connectivity index (χ1n) is 1.24. The molecule has 0 aliphatic heterocycles.